The summed E-state index contributed by atoms with van der Waals surface area (Å²) in [5, 5.41) is 7.75. The fraction of sp³-hybridized carbons (Fsp3) is 0.222. The smallest absolute Gasteiger partial charge is 0.262 e. The number of hydrogen-bond acceptors (Lipinski definition) is 5. The first-order chi connectivity index (χ1) is 12.6. The Bertz CT molecular complexity index is 992. The highest BCUT2D eigenvalue weighted by Gasteiger charge is 2.08. The lowest BCUT2D eigenvalue weighted by Crippen LogP contribution is -2.23. The maximum atomic E-state index is 12.3. The third kappa shape index (κ3) is 4.15. The molecule has 3 rings (SSSR count). The Hall–Kier alpha value is -3.00. The van der Waals surface area contributed by atoms with Crippen LogP contribution in [0.4, 0.5) is 5.69 Å². The quantitative estimate of drug-likeness (QED) is 0.692. The molecule has 26 heavy (non-hydrogen) atoms. The molecule has 0 fully saturated rings. The summed E-state index contributed by atoms with van der Waals surface area (Å²) in [5.74, 6) is -0.259. The van der Waals surface area contributed by atoms with E-state index in [2.05, 4.69) is 15.6 Å². The highest BCUT2D eigenvalue weighted by atomic mass is 32.1. The molecule has 8 heteroatoms. The van der Waals surface area contributed by atoms with E-state index in [0.29, 0.717) is 22.3 Å². The van der Waals surface area contributed by atoms with Crippen molar-refractivity contribution in [3.63, 3.8) is 0 Å². The van der Waals surface area contributed by atoms with Crippen LogP contribution in [0.1, 0.15) is 12.0 Å². The van der Waals surface area contributed by atoms with Gasteiger partial charge in [0.05, 0.1) is 18.1 Å². The first-order valence-corrected chi connectivity index (χ1v) is 8.97. The molecule has 2 N–H and O–H groups in total. The molecular weight excluding hydrogens is 352 g/mol. The molecule has 0 aliphatic heterocycles. The van der Waals surface area contributed by atoms with Crippen LogP contribution >= 0.6 is 11.3 Å². The molecular formula is C18H18N4O3S. The van der Waals surface area contributed by atoms with Crippen molar-refractivity contribution >= 4 is 39.1 Å². The second kappa shape index (κ2) is 7.92. The lowest BCUT2D eigenvalue weighted by atomic mass is 10.1. The lowest BCUT2D eigenvalue weighted by molar-refractivity contribution is -0.120. The Labute approximate surface area is 153 Å². The van der Waals surface area contributed by atoms with E-state index in [0.717, 1.165) is 5.56 Å². The van der Waals surface area contributed by atoms with Gasteiger partial charge in [0, 0.05) is 25.7 Å². The van der Waals surface area contributed by atoms with E-state index in [4.69, 9.17) is 0 Å². The van der Waals surface area contributed by atoms with Gasteiger partial charge in [-0.3, -0.25) is 19.0 Å². The second-order valence-electron chi connectivity index (χ2n) is 5.73. The second-order valence-corrected chi connectivity index (χ2v) is 6.62. The standard InChI is InChI=1S/C18H18N4O3S/c1-19-16(24)10-12-2-4-13(5-3-12)21-15(23)6-8-22-11-20-17-14(18(22)25)7-9-26-17/h2-5,7,9,11H,6,8,10H2,1H3,(H,19,24)(H,21,23). The molecule has 134 valence electrons. The van der Waals surface area contributed by atoms with Crippen LogP contribution in [0.2, 0.25) is 0 Å². The van der Waals surface area contributed by atoms with Crippen molar-refractivity contribution in [2.75, 3.05) is 12.4 Å². The largest absolute Gasteiger partial charge is 0.359 e. The van der Waals surface area contributed by atoms with Crippen molar-refractivity contribution in [1.29, 1.82) is 0 Å². The van der Waals surface area contributed by atoms with Crippen molar-refractivity contribution < 1.29 is 9.59 Å². The van der Waals surface area contributed by atoms with Crippen LogP contribution < -0.4 is 16.2 Å². The summed E-state index contributed by atoms with van der Waals surface area (Å²) in [6.45, 7) is 0.262. The number of fused-ring (bicyclic) bond motifs is 1. The average molecular weight is 370 g/mol. The highest BCUT2D eigenvalue weighted by molar-refractivity contribution is 7.16. The molecule has 0 bridgehead atoms. The van der Waals surface area contributed by atoms with Crippen LogP contribution in [0.25, 0.3) is 10.2 Å². The minimum Gasteiger partial charge on any atom is -0.359 e. The van der Waals surface area contributed by atoms with Crippen LogP contribution in [-0.2, 0) is 22.6 Å². The first-order valence-electron chi connectivity index (χ1n) is 8.09. The number of nitrogens with one attached hydrogen (secondary N) is 2. The molecule has 2 heterocycles. The number of thiophene rings is 1. The SMILES string of the molecule is CNC(=O)Cc1ccc(NC(=O)CCn2cnc3sccc3c2=O)cc1. The van der Waals surface area contributed by atoms with Gasteiger partial charge in [0.15, 0.2) is 0 Å². The Morgan fingerprint density at radius 2 is 1.92 bits per heavy atom. The molecule has 0 aliphatic rings. The summed E-state index contributed by atoms with van der Waals surface area (Å²) in [4.78, 5) is 40.7. The Kier molecular flexibility index (Phi) is 5.43. The first kappa shape index (κ1) is 17.8. The van der Waals surface area contributed by atoms with Gasteiger partial charge >= 0.3 is 0 Å². The van der Waals surface area contributed by atoms with Gasteiger partial charge in [-0.15, -0.1) is 11.3 Å². The van der Waals surface area contributed by atoms with Gasteiger partial charge in [0.1, 0.15) is 4.83 Å². The molecule has 7 nitrogen and oxygen atoms in total. The normalized spacial score (nSPS) is 10.7. The van der Waals surface area contributed by atoms with Gasteiger partial charge in [-0.1, -0.05) is 12.1 Å². The number of amides is 2. The van der Waals surface area contributed by atoms with Crippen molar-refractivity contribution in [3.05, 3.63) is 58.0 Å². The zero-order chi connectivity index (χ0) is 18.5. The number of anilines is 1. The van der Waals surface area contributed by atoms with Crippen LogP contribution in [0.5, 0.6) is 0 Å². The number of nitrogens with zero attached hydrogens (tertiary/aromatic N) is 2. The molecule has 0 unspecified atom stereocenters. The predicted octanol–water partition coefficient (Wildman–Crippen LogP) is 1.78. The van der Waals surface area contributed by atoms with Crippen LogP contribution in [0, 0.1) is 0 Å². The van der Waals surface area contributed by atoms with E-state index >= 15 is 0 Å². The van der Waals surface area contributed by atoms with E-state index in [1.165, 1.54) is 22.2 Å². The summed E-state index contributed by atoms with van der Waals surface area (Å²) < 4.78 is 1.45. The van der Waals surface area contributed by atoms with Gasteiger partial charge in [-0.05, 0) is 29.1 Å². The van der Waals surface area contributed by atoms with Crippen LogP contribution in [-0.4, -0.2) is 28.4 Å². The van der Waals surface area contributed by atoms with E-state index < -0.39 is 0 Å². The molecule has 1 aromatic carbocycles. The molecule has 0 radical (unpaired) electrons. The number of aromatic nitrogens is 2. The van der Waals surface area contributed by atoms with Gasteiger partial charge in [0.2, 0.25) is 11.8 Å². The minimum absolute atomic E-state index is 0.0663. The number of benzene rings is 1. The van der Waals surface area contributed by atoms with E-state index in [-0.39, 0.29) is 30.3 Å². The summed E-state index contributed by atoms with van der Waals surface area (Å²) in [7, 11) is 1.59. The minimum atomic E-state index is -0.193. The zero-order valence-corrected chi connectivity index (χ0v) is 15.0. The van der Waals surface area contributed by atoms with Crippen molar-refractivity contribution in [2.45, 2.75) is 19.4 Å². The van der Waals surface area contributed by atoms with E-state index in [1.807, 2.05) is 5.38 Å². The van der Waals surface area contributed by atoms with Gasteiger partial charge in [0.25, 0.3) is 5.56 Å². The Morgan fingerprint density at radius 3 is 2.65 bits per heavy atom. The van der Waals surface area contributed by atoms with Gasteiger partial charge in [-0.2, -0.15) is 0 Å². The number of carbonyl (C=O) groups is 2. The van der Waals surface area contributed by atoms with Crippen LogP contribution in [0.3, 0.4) is 0 Å². The molecule has 0 aliphatic carbocycles. The molecule has 3 aromatic rings. The fourth-order valence-corrected chi connectivity index (χ4v) is 3.20. The maximum absolute atomic E-state index is 12.3. The summed E-state index contributed by atoms with van der Waals surface area (Å²) in [6, 6.07) is 8.84. The number of likely N-dealkylation sites (N-methyl/N-ethyl adjacent to an activating group) is 1. The summed E-state index contributed by atoms with van der Waals surface area (Å²) >= 11 is 1.41. The molecule has 0 atom stereocenters. The van der Waals surface area contributed by atoms with Gasteiger partial charge < -0.3 is 10.6 Å². The molecule has 0 saturated carbocycles. The Morgan fingerprint density at radius 1 is 1.15 bits per heavy atom. The van der Waals surface area contributed by atoms with Crippen molar-refractivity contribution in [1.82, 2.24) is 14.9 Å². The number of aryl methyl sites for hydroxylation is 1. The predicted molar refractivity (Wildman–Crippen MR) is 101 cm³/mol. The average Bonchev–Trinajstić information content (AvgIpc) is 3.12. The van der Waals surface area contributed by atoms with Crippen molar-refractivity contribution in [2.24, 2.45) is 0 Å². The third-order valence-electron chi connectivity index (χ3n) is 3.91. The van der Waals surface area contributed by atoms with E-state index in [9.17, 15) is 14.4 Å². The number of carbonyl (C=O) groups excluding carboxylic acids is 2. The number of rotatable bonds is 6. The summed E-state index contributed by atoms with van der Waals surface area (Å²) in [5.41, 5.74) is 1.38. The highest BCUT2D eigenvalue weighted by Crippen LogP contribution is 2.14. The summed E-state index contributed by atoms with van der Waals surface area (Å²) in [6.07, 6.45) is 1.94. The third-order valence-corrected chi connectivity index (χ3v) is 4.73. The maximum Gasteiger partial charge on any atom is 0.262 e. The number of hydrogen-bond donors (Lipinski definition) is 2. The monoisotopic (exact) mass is 370 g/mol. The van der Waals surface area contributed by atoms with Crippen molar-refractivity contribution in [3.8, 4) is 0 Å². The zero-order valence-electron chi connectivity index (χ0n) is 14.2. The molecule has 0 spiro atoms. The fourth-order valence-electron chi connectivity index (χ4n) is 2.48. The molecule has 0 saturated heterocycles. The molecule has 2 aromatic heterocycles. The van der Waals surface area contributed by atoms with E-state index in [1.54, 1.807) is 37.4 Å². The van der Waals surface area contributed by atoms with Crippen LogP contribution in [0.15, 0.2) is 46.8 Å². The Balaban J connectivity index is 1.57. The molecule has 2 amide bonds. The topological polar surface area (TPSA) is 93.1 Å². The van der Waals surface area contributed by atoms with Gasteiger partial charge in [-0.25, -0.2) is 4.98 Å². The lowest BCUT2D eigenvalue weighted by Gasteiger charge is -2.08.